The molecule has 2 rings (SSSR count). The quantitative estimate of drug-likeness (QED) is 0.553. The lowest BCUT2D eigenvalue weighted by Crippen LogP contribution is -2.25. The molecule has 0 atom stereocenters. The highest BCUT2D eigenvalue weighted by atomic mass is 127. The monoisotopic (exact) mass is 399 g/mol. The number of likely N-dealkylation sites (N-methyl/N-ethyl adjacent to an activating group) is 1. The maximum absolute atomic E-state index is 12.1. The van der Waals surface area contributed by atoms with Crippen molar-refractivity contribution in [2.75, 3.05) is 13.6 Å². The van der Waals surface area contributed by atoms with Crippen LogP contribution in [0.15, 0.2) is 48.5 Å². The molecule has 0 aliphatic heterocycles. The zero-order chi connectivity index (χ0) is 14.5. The van der Waals surface area contributed by atoms with Crippen LogP contribution < -0.4 is 0 Å². The van der Waals surface area contributed by atoms with Crippen LogP contribution >= 0.6 is 34.2 Å². The minimum absolute atomic E-state index is 0.137. The highest BCUT2D eigenvalue weighted by molar-refractivity contribution is 14.1. The predicted octanol–water partition coefficient (Wildman–Crippen LogP) is 4.26. The minimum atomic E-state index is 0.137. The SMILES string of the molecule is CN(CC(=O)c1ccc(I)cc1)Cc1ccc(Cl)cc1. The topological polar surface area (TPSA) is 20.3 Å². The average molecular weight is 400 g/mol. The van der Waals surface area contributed by atoms with E-state index >= 15 is 0 Å². The second kappa shape index (κ2) is 7.20. The van der Waals surface area contributed by atoms with Crippen molar-refractivity contribution >= 4 is 40.0 Å². The Balaban J connectivity index is 1.93. The summed E-state index contributed by atoms with van der Waals surface area (Å²) >= 11 is 8.09. The van der Waals surface area contributed by atoms with Gasteiger partial charge in [-0.05, 0) is 59.5 Å². The molecular weight excluding hydrogens is 385 g/mol. The number of nitrogens with zero attached hydrogens (tertiary/aromatic N) is 1. The number of hydrogen-bond donors (Lipinski definition) is 0. The summed E-state index contributed by atoms with van der Waals surface area (Å²) in [5.74, 6) is 0.137. The van der Waals surface area contributed by atoms with Crippen molar-refractivity contribution in [2.45, 2.75) is 6.54 Å². The second-order valence-electron chi connectivity index (χ2n) is 4.73. The number of carbonyl (C=O) groups excluding carboxylic acids is 1. The average Bonchev–Trinajstić information content (AvgIpc) is 2.42. The summed E-state index contributed by atoms with van der Waals surface area (Å²) in [5, 5.41) is 0.728. The Hall–Kier alpha value is -0.910. The molecule has 0 aliphatic rings. The molecule has 0 saturated carbocycles. The third-order valence-corrected chi connectivity index (χ3v) is 3.92. The minimum Gasteiger partial charge on any atom is -0.295 e. The van der Waals surface area contributed by atoms with Gasteiger partial charge in [0.05, 0.1) is 6.54 Å². The lowest BCUT2D eigenvalue weighted by Gasteiger charge is -2.16. The Morgan fingerprint density at radius 1 is 1.10 bits per heavy atom. The van der Waals surface area contributed by atoms with Crippen LogP contribution in [0.1, 0.15) is 15.9 Å². The number of carbonyl (C=O) groups is 1. The van der Waals surface area contributed by atoms with Gasteiger partial charge in [-0.3, -0.25) is 9.69 Å². The molecule has 0 heterocycles. The van der Waals surface area contributed by atoms with Gasteiger partial charge < -0.3 is 0 Å². The molecule has 20 heavy (non-hydrogen) atoms. The van der Waals surface area contributed by atoms with Gasteiger partial charge in [-0.2, -0.15) is 0 Å². The van der Waals surface area contributed by atoms with Gasteiger partial charge in [0.15, 0.2) is 5.78 Å². The summed E-state index contributed by atoms with van der Waals surface area (Å²) in [6, 6.07) is 15.3. The molecule has 104 valence electrons. The Kier molecular flexibility index (Phi) is 5.57. The van der Waals surface area contributed by atoms with E-state index in [4.69, 9.17) is 11.6 Å². The van der Waals surface area contributed by atoms with Crippen LogP contribution in [-0.4, -0.2) is 24.3 Å². The maximum atomic E-state index is 12.1. The summed E-state index contributed by atoms with van der Waals surface area (Å²) < 4.78 is 1.13. The van der Waals surface area contributed by atoms with Gasteiger partial charge in [0, 0.05) is 20.7 Å². The van der Waals surface area contributed by atoms with Crippen molar-refractivity contribution in [3.8, 4) is 0 Å². The molecule has 0 radical (unpaired) electrons. The van der Waals surface area contributed by atoms with Crippen LogP contribution in [0.25, 0.3) is 0 Å². The lowest BCUT2D eigenvalue weighted by atomic mass is 10.1. The molecule has 4 heteroatoms. The van der Waals surface area contributed by atoms with Gasteiger partial charge >= 0.3 is 0 Å². The van der Waals surface area contributed by atoms with Gasteiger partial charge in [-0.15, -0.1) is 0 Å². The number of benzene rings is 2. The molecule has 0 amide bonds. The number of ketones is 1. The Morgan fingerprint density at radius 3 is 2.30 bits per heavy atom. The van der Waals surface area contributed by atoms with E-state index in [0.29, 0.717) is 6.54 Å². The third kappa shape index (κ3) is 4.58. The summed E-state index contributed by atoms with van der Waals surface area (Å²) in [6.45, 7) is 1.14. The number of Topliss-reactive ketones (excluding diaryl/α,β-unsaturated/α-hetero) is 1. The van der Waals surface area contributed by atoms with Crippen molar-refractivity contribution in [1.29, 1.82) is 0 Å². The van der Waals surface area contributed by atoms with Gasteiger partial charge in [0.1, 0.15) is 0 Å². The first-order chi connectivity index (χ1) is 9.54. The fourth-order valence-electron chi connectivity index (χ4n) is 1.93. The van der Waals surface area contributed by atoms with Crippen LogP contribution in [0.5, 0.6) is 0 Å². The Labute approximate surface area is 137 Å². The molecule has 2 aromatic carbocycles. The van der Waals surface area contributed by atoms with E-state index in [1.54, 1.807) is 0 Å². The van der Waals surface area contributed by atoms with Crippen LogP contribution in [0.2, 0.25) is 5.02 Å². The molecule has 2 nitrogen and oxygen atoms in total. The van der Waals surface area contributed by atoms with E-state index in [9.17, 15) is 4.79 Å². The fraction of sp³-hybridized carbons (Fsp3) is 0.188. The van der Waals surface area contributed by atoms with E-state index in [2.05, 4.69) is 22.6 Å². The van der Waals surface area contributed by atoms with E-state index in [1.807, 2.05) is 60.5 Å². The van der Waals surface area contributed by atoms with Crippen molar-refractivity contribution < 1.29 is 4.79 Å². The van der Waals surface area contributed by atoms with E-state index < -0.39 is 0 Å². The van der Waals surface area contributed by atoms with Gasteiger partial charge in [0.25, 0.3) is 0 Å². The molecule has 0 spiro atoms. The third-order valence-electron chi connectivity index (χ3n) is 2.95. The van der Waals surface area contributed by atoms with Crippen molar-refractivity contribution in [2.24, 2.45) is 0 Å². The molecule has 0 fully saturated rings. The molecule has 0 aliphatic carbocycles. The highest BCUT2D eigenvalue weighted by Crippen LogP contribution is 2.12. The second-order valence-corrected chi connectivity index (χ2v) is 6.41. The molecular formula is C16H15ClINO. The van der Waals surface area contributed by atoms with Crippen LogP contribution in [0.3, 0.4) is 0 Å². The molecule has 0 N–H and O–H groups in total. The molecule has 0 aromatic heterocycles. The first-order valence-electron chi connectivity index (χ1n) is 6.26. The van der Waals surface area contributed by atoms with Crippen LogP contribution in [0, 0.1) is 3.57 Å². The van der Waals surface area contributed by atoms with E-state index in [-0.39, 0.29) is 5.78 Å². The van der Waals surface area contributed by atoms with E-state index in [1.165, 1.54) is 0 Å². The molecule has 0 bridgehead atoms. The summed E-state index contributed by atoms with van der Waals surface area (Å²) in [7, 11) is 1.94. The molecule has 2 aromatic rings. The highest BCUT2D eigenvalue weighted by Gasteiger charge is 2.09. The smallest absolute Gasteiger partial charge is 0.176 e. The van der Waals surface area contributed by atoms with Gasteiger partial charge in [-0.1, -0.05) is 35.9 Å². The molecule has 0 unspecified atom stereocenters. The van der Waals surface area contributed by atoms with Crippen molar-refractivity contribution in [3.05, 3.63) is 68.3 Å². The summed E-state index contributed by atoms with van der Waals surface area (Å²) in [5.41, 5.74) is 1.90. The van der Waals surface area contributed by atoms with Crippen molar-refractivity contribution in [3.63, 3.8) is 0 Å². The molecule has 0 saturated heterocycles. The Morgan fingerprint density at radius 2 is 1.70 bits per heavy atom. The van der Waals surface area contributed by atoms with E-state index in [0.717, 1.165) is 26.3 Å². The number of rotatable bonds is 5. The number of halogens is 2. The standard InChI is InChI=1S/C16H15ClINO/c1-19(10-12-2-6-14(17)7-3-12)11-16(20)13-4-8-15(18)9-5-13/h2-9H,10-11H2,1H3. The van der Waals surface area contributed by atoms with Crippen LogP contribution in [0.4, 0.5) is 0 Å². The normalized spacial score (nSPS) is 10.8. The first kappa shape index (κ1) is 15.5. The largest absolute Gasteiger partial charge is 0.295 e. The first-order valence-corrected chi connectivity index (χ1v) is 7.72. The maximum Gasteiger partial charge on any atom is 0.176 e. The van der Waals surface area contributed by atoms with Gasteiger partial charge in [-0.25, -0.2) is 0 Å². The Bertz CT molecular complexity index is 580. The van der Waals surface area contributed by atoms with Crippen LogP contribution in [-0.2, 0) is 6.54 Å². The lowest BCUT2D eigenvalue weighted by molar-refractivity contribution is 0.0943. The number of hydrogen-bond acceptors (Lipinski definition) is 2. The summed E-state index contributed by atoms with van der Waals surface area (Å²) in [6.07, 6.45) is 0. The van der Waals surface area contributed by atoms with Gasteiger partial charge in [0.2, 0.25) is 0 Å². The fourth-order valence-corrected chi connectivity index (χ4v) is 2.42. The summed E-state index contributed by atoms with van der Waals surface area (Å²) in [4.78, 5) is 14.1. The van der Waals surface area contributed by atoms with Crippen molar-refractivity contribution in [1.82, 2.24) is 4.90 Å². The zero-order valence-corrected chi connectivity index (χ0v) is 14.1. The predicted molar refractivity (Wildman–Crippen MR) is 91.3 cm³/mol. The zero-order valence-electron chi connectivity index (χ0n) is 11.1.